The van der Waals surface area contributed by atoms with Crippen LogP contribution in [0.4, 0.5) is 11.5 Å². The number of carbonyl (C=O) groups is 2. The highest BCUT2D eigenvalue weighted by molar-refractivity contribution is 5.99. The minimum absolute atomic E-state index is 0.00701. The van der Waals surface area contributed by atoms with Gasteiger partial charge in [0.05, 0.1) is 24.3 Å². The molecule has 1 aromatic carbocycles. The van der Waals surface area contributed by atoms with Gasteiger partial charge in [0.1, 0.15) is 11.9 Å². The van der Waals surface area contributed by atoms with Crippen molar-refractivity contribution < 1.29 is 14.3 Å². The van der Waals surface area contributed by atoms with E-state index in [1.807, 2.05) is 67.2 Å². The number of hydrogen-bond donors (Lipinski definition) is 1. The van der Waals surface area contributed by atoms with Crippen LogP contribution in [0.3, 0.4) is 0 Å². The average molecular weight is 531 g/mol. The Bertz CT molecular complexity index is 1260. The summed E-state index contributed by atoms with van der Waals surface area (Å²) in [4.78, 5) is 36.1. The zero-order valence-corrected chi connectivity index (χ0v) is 23.3. The van der Waals surface area contributed by atoms with Gasteiger partial charge in [0.15, 0.2) is 0 Å². The first-order chi connectivity index (χ1) is 18.8. The molecule has 4 rings (SSSR count). The third-order valence-corrected chi connectivity index (χ3v) is 7.06. The highest BCUT2D eigenvalue weighted by atomic mass is 16.5. The van der Waals surface area contributed by atoms with Gasteiger partial charge >= 0.3 is 0 Å². The van der Waals surface area contributed by atoms with Crippen LogP contribution < -0.4 is 10.2 Å². The summed E-state index contributed by atoms with van der Waals surface area (Å²) in [5.41, 5.74) is 4.05. The molecule has 2 aliphatic rings. The summed E-state index contributed by atoms with van der Waals surface area (Å²) in [6.07, 6.45) is 5.86. The molecule has 0 bridgehead atoms. The largest absolute Gasteiger partial charge is 0.384 e. The summed E-state index contributed by atoms with van der Waals surface area (Å²) in [5.74, 6) is 0.950. The Hall–Kier alpha value is -3.74. The molecule has 0 radical (unpaired) electrons. The number of aromatic nitrogens is 1. The van der Waals surface area contributed by atoms with Crippen molar-refractivity contribution >= 4 is 23.3 Å². The van der Waals surface area contributed by atoms with Gasteiger partial charge in [-0.3, -0.25) is 9.59 Å². The van der Waals surface area contributed by atoms with E-state index in [1.54, 1.807) is 13.2 Å². The van der Waals surface area contributed by atoms with Gasteiger partial charge in [-0.25, -0.2) is 4.98 Å². The lowest BCUT2D eigenvalue weighted by molar-refractivity contribution is -0.134. The monoisotopic (exact) mass is 530 g/mol. The zero-order valence-electron chi connectivity index (χ0n) is 23.3. The first-order valence-corrected chi connectivity index (χ1v) is 13.5. The average Bonchev–Trinajstić information content (AvgIpc) is 3.76. The van der Waals surface area contributed by atoms with Crippen LogP contribution in [-0.2, 0) is 14.3 Å². The molecule has 39 heavy (non-hydrogen) atoms. The lowest BCUT2D eigenvalue weighted by atomic mass is 9.98. The van der Waals surface area contributed by atoms with Crippen LogP contribution in [0.1, 0.15) is 43.4 Å². The van der Waals surface area contributed by atoms with Gasteiger partial charge in [-0.15, -0.1) is 0 Å². The van der Waals surface area contributed by atoms with Gasteiger partial charge in [-0.2, -0.15) is 5.26 Å². The van der Waals surface area contributed by atoms with E-state index >= 15 is 0 Å². The second kappa shape index (κ2) is 12.9. The lowest BCUT2D eigenvalue weighted by Gasteiger charge is -2.41. The molecule has 1 saturated carbocycles. The molecule has 2 amide bonds. The smallest absolute Gasteiger partial charge is 0.248 e. The summed E-state index contributed by atoms with van der Waals surface area (Å²) in [5, 5.41) is 13.0. The summed E-state index contributed by atoms with van der Waals surface area (Å²) in [6, 6.07) is 12.0. The van der Waals surface area contributed by atoms with Crippen LogP contribution in [0.5, 0.6) is 0 Å². The van der Waals surface area contributed by atoms with Crippen molar-refractivity contribution in [3.8, 4) is 17.2 Å². The molecule has 2 fully saturated rings. The molecule has 0 spiro atoms. The van der Waals surface area contributed by atoms with E-state index in [0.717, 1.165) is 29.7 Å². The van der Waals surface area contributed by atoms with Crippen molar-refractivity contribution in [2.75, 3.05) is 64.2 Å². The van der Waals surface area contributed by atoms with E-state index in [4.69, 9.17) is 9.72 Å². The second-order valence-electron chi connectivity index (χ2n) is 10.5. The molecule has 1 saturated heterocycles. The molecular weight excluding hydrogens is 492 g/mol. The van der Waals surface area contributed by atoms with E-state index in [0.29, 0.717) is 62.2 Å². The predicted octanol–water partition coefficient (Wildman–Crippen LogP) is 3.63. The number of ether oxygens (including phenoxy) is 1. The summed E-state index contributed by atoms with van der Waals surface area (Å²) in [7, 11) is 5.50. The van der Waals surface area contributed by atoms with Gasteiger partial charge in [0, 0.05) is 62.6 Å². The van der Waals surface area contributed by atoms with E-state index in [1.165, 1.54) is 0 Å². The molecule has 9 nitrogen and oxygen atoms in total. The van der Waals surface area contributed by atoms with Crippen molar-refractivity contribution in [3.63, 3.8) is 0 Å². The number of amides is 2. The van der Waals surface area contributed by atoms with Gasteiger partial charge in [0.2, 0.25) is 11.8 Å². The number of nitriles is 1. The molecule has 1 atom stereocenters. The SMILES string of the molecule is COCCC(=O)N1CCN(c2nc(C3CC3)c(-c3cccc(NC(=O)/C=C/CN(C)C)c3)cc2C#N)CC1C. The number of piperazine rings is 1. The first-order valence-electron chi connectivity index (χ1n) is 13.5. The molecule has 1 unspecified atom stereocenters. The number of likely N-dealkylation sites (N-methyl/N-ethyl adjacent to an activating group) is 1. The molecular formula is C30H38N6O3. The van der Waals surface area contributed by atoms with Crippen LogP contribution in [-0.4, -0.2) is 86.6 Å². The van der Waals surface area contributed by atoms with E-state index in [2.05, 4.69) is 16.3 Å². The van der Waals surface area contributed by atoms with Crippen LogP contribution >= 0.6 is 0 Å². The highest BCUT2D eigenvalue weighted by Crippen LogP contribution is 2.45. The molecule has 2 aromatic rings. The Balaban J connectivity index is 1.57. The Labute approximate surface area is 231 Å². The highest BCUT2D eigenvalue weighted by Gasteiger charge is 2.33. The maximum absolute atomic E-state index is 12.6. The van der Waals surface area contributed by atoms with E-state index in [-0.39, 0.29) is 17.9 Å². The maximum atomic E-state index is 12.6. The summed E-state index contributed by atoms with van der Waals surface area (Å²) in [6.45, 7) is 4.96. The van der Waals surface area contributed by atoms with Crippen molar-refractivity contribution in [3.05, 3.63) is 53.7 Å². The standard InChI is InChI=1S/C30H38N6O3/c1-21-20-35(14-15-36(21)28(38)12-16-39-4)30-24(19-31)18-26(29(33-30)22-10-11-22)23-7-5-8-25(17-23)32-27(37)9-6-13-34(2)3/h5-9,17-18,21-22H,10-16,20H2,1-4H3,(H,32,37)/b9-6+. The first kappa shape index (κ1) is 28.3. The Morgan fingerprint density at radius 3 is 2.72 bits per heavy atom. The van der Waals surface area contributed by atoms with Gasteiger partial charge in [-0.05, 0) is 57.6 Å². The normalized spacial score (nSPS) is 17.5. The van der Waals surface area contributed by atoms with E-state index < -0.39 is 0 Å². The van der Waals surface area contributed by atoms with Crippen molar-refractivity contribution in [1.29, 1.82) is 5.26 Å². The molecule has 2 heterocycles. The Kier molecular flexibility index (Phi) is 9.33. The van der Waals surface area contributed by atoms with Gasteiger partial charge < -0.3 is 24.8 Å². The third kappa shape index (κ3) is 7.22. The fourth-order valence-corrected chi connectivity index (χ4v) is 4.91. The molecule has 1 aliphatic carbocycles. The number of anilines is 2. The topological polar surface area (TPSA) is 102 Å². The fourth-order valence-electron chi connectivity index (χ4n) is 4.91. The fraction of sp³-hybridized carbons (Fsp3) is 0.467. The number of nitrogens with zero attached hydrogens (tertiary/aromatic N) is 5. The number of carbonyl (C=O) groups excluding carboxylic acids is 2. The molecule has 206 valence electrons. The van der Waals surface area contributed by atoms with Crippen LogP contribution in [0.15, 0.2) is 42.5 Å². The third-order valence-electron chi connectivity index (χ3n) is 7.06. The number of nitrogens with one attached hydrogen (secondary N) is 1. The Morgan fingerprint density at radius 1 is 1.26 bits per heavy atom. The molecule has 9 heteroatoms. The lowest BCUT2D eigenvalue weighted by Crippen LogP contribution is -2.54. The number of rotatable bonds is 10. The molecule has 1 aliphatic heterocycles. The van der Waals surface area contributed by atoms with Gasteiger partial charge in [0.25, 0.3) is 0 Å². The molecule has 1 aromatic heterocycles. The zero-order chi connectivity index (χ0) is 27.9. The number of methoxy groups -OCH3 is 1. The number of hydrogen-bond acceptors (Lipinski definition) is 7. The quantitative estimate of drug-likeness (QED) is 0.468. The van der Waals surface area contributed by atoms with Crippen molar-refractivity contribution in [2.45, 2.75) is 38.1 Å². The second-order valence-corrected chi connectivity index (χ2v) is 10.5. The van der Waals surface area contributed by atoms with E-state index in [9.17, 15) is 14.9 Å². The predicted molar refractivity (Wildman–Crippen MR) is 153 cm³/mol. The van der Waals surface area contributed by atoms with Gasteiger partial charge in [-0.1, -0.05) is 18.2 Å². The summed E-state index contributed by atoms with van der Waals surface area (Å²) >= 11 is 0. The van der Waals surface area contributed by atoms with Crippen LogP contribution in [0.2, 0.25) is 0 Å². The number of benzene rings is 1. The van der Waals surface area contributed by atoms with Crippen molar-refractivity contribution in [2.24, 2.45) is 0 Å². The minimum Gasteiger partial charge on any atom is -0.384 e. The number of pyridine rings is 1. The van der Waals surface area contributed by atoms with Crippen molar-refractivity contribution in [1.82, 2.24) is 14.8 Å². The minimum atomic E-state index is -0.184. The maximum Gasteiger partial charge on any atom is 0.248 e. The van der Waals surface area contributed by atoms with Crippen LogP contribution in [0, 0.1) is 11.3 Å². The Morgan fingerprint density at radius 2 is 2.05 bits per heavy atom. The summed E-state index contributed by atoms with van der Waals surface area (Å²) < 4.78 is 5.07. The van der Waals surface area contributed by atoms with Crippen LogP contribution in [0.25, 0.3) is 11.1 Å². The molecule has 1 N–H and O–H groups in total.